The maximum Gasteiger partial charge on any atom is 0.270 e. The normalized spacial score (nSPS) is 15.6. The number of nitrogens with one attached hydrogen (secondary N) is 1. The minimum Gasteiger partial charge on any atom is -0.335 e. The van der Waals surface area contributed by atoms with Crippen molar-refractivity contribution in [3.63, 3.8) is 0 Å². The van der Waals surface area contributed by atoms with Gasteiger partial charge in [0, 0.05) is 31.7 Å². The Kier molecular flexibility index (Phi) is 5.81. The molecule has 0 radical (unpaired) electrons. The first-order valence-electron chi connectivity index (χ1n) is 8.74. The summed E-state index contributed by atoms with van der Waals surface area (Å²) in [5.41, 5.74) is 1.70. The van der Waals surface area contributed by atoms with Crippen LogP contribution in [0.4, 0.5) is 0 Å². The Morgan fingerprint density at radius 1 is 0.885 bits per heavy atom. The van der Waals surface area contributed by atoms with Crippen LogP contribution in [0.1, 0.15) is 15.9 Å². The van der Waals surface area contributed by atoms with Crippen molar-refractivity contribution in [1.82, 2.24) is 15.1 Å². The molecule has 26 heavy (non-hydrogen) atoms. The molecular weight excluding hydrogens is 326 g/mol. The quantitative estimate of drug-likeness (QED) is 0.862. The van der Waals surface area contributed by atoms with Crippen LogP contribution in [0.15, 0.2) is 66.4 Å². The summed E-state index contributed by atoms with van der Waals surface area (Å²) < 4.78 is 0. The Balaban J connectivity index is 1.83. The number of benzene rings is 2. The second kappa shape index (κ2) is 8.45. The van der Waals surface area contributed by atoms with Crippen LogP contribution >= 0.6 is 0 Å². The van der Waals surface area contributed by atoms with Crippen LogP contribution in [0.25, 0.3) is 6.08 Å². The van der Waals surface area contributed by atoms with E-state index in [0.29, 0.717) is 24.4 Å². The van der Waals surface area contributed by atoms with Gasteiger partial charge in [0.25, 0.3) is 11.8 Å². The minimum atomic E-state index is -0.282. The van der Waals surface area contributed by atoms with Crippen LogP contribution in [0.3, 0.4) is 0 Å². The average Bonchev–Trinajstić information content (AvgIpc) is 2.69. The smallest absolute Gasteiger partial charge is 0.270 e. The van der Waals surface area contributed by atoms with E-state index in [2.05, 4.69) is 10.2 Å². The van der Waals surface area contributed by atoms with Crippen molar-refractivity contribution < 1.29 is 9.59 Å². The Morgan fingerprint density at radius 2 is 1.46 bits per heavy atom. The molecule has 0 aliphatic carbocycles. The number of nitrogens with zero attached hydrogens (tertiary/aromatic N) is 2. The van der Waals surface area contributed by atoms with E-state index in [9.17, 15) is 9.59 Å². The molecule has 0 unspecified atom stereocenters. The van der Waals surface area contributed by atoms with E-state index in [0.717, 1.165) is 18.7 Å². The third kappa shape index (κ3) is 4.58. The van der Waals surface area contributed by atoms with E-state index in [1.54, 1.807) is 35.2 Å². The van der Waals surface area contributed by atoms with Gasteiger partial charge in [0.2, 0.25) is 0 Å². The third-order valence-corrected chi connectivity index (χ3v) is 4.42. The number of carbonyl (C=O) groups excluding carboxylic acids is 2. The zero-order valence-corrected chi connectivity index (χ0v) is 14.9. The molecule has 1 aliphatic rings. The van der Waals surface area contributed by atoms with Crippen LogP contribution in [0.5, 0.6) is 0 Å². The van der Waals surface area contributed by atoms with Crippen molar-refractivity contribution >= 4 is 17.9 Å². The molecule has 2 aromatic rings. The predicted octanol–water partition coefficient (Wildman–Crippen LogP) is 2.23. The summed E-state index contributed by atoms with van der Waals surface area (Å²) in [6.07, 6.45) is 1.74. The molecule has 1 N–H and O–H groups in total. The lowest BCUT2D eigenvalue weighted by molar-refractivity contribution is -0.128. The van der Waals surface area contributed by atoms with Crippen LogP contribution < -0.4 is 5.32 Å². The molecule has 0 bridgehead atoms. The highest BCUT2D eigenvalue weighted by Gasteiger charge is 2.23. The number of hydrogen-bond donors (Lipinski definition) is 1. The van der Waals surface area contributed by atoms with Gasteiger partial charge in [-0.05, 0) is 30.8 Å². The molecule has 2 aromatic carbocycles. The Morgan fingerprint density at radius 3 is 2.08 bits per heavy atom. The molecule has 1 fully saturated rings. The first kappa shape index (κ1) is 17.9. The third-order valence-electron chi connectivity index (χ3n) is 4.42. The lowest BCUT2D eigenvalue weighted by Gasteiger charge is -2.33. The Labute approximate surface area is 153 Å². The van der Waals surface area contributed by atoms with Gasteiger partial charge >= 0.3 is 0 Å². The highest BCUT2D eigenvalue weighted by molar-refractivity contribution is 6.05. The van der Waals surface area contributed by atoms with E-state index in [-0.39, 0.29) is 11.8 Å². The number of hydrogen-bond acceptors (Lipinski definition) is 3. The standard InChI is InChI=1S/C21H23N3O2/c1-23-12-14-24(15-13-23)21(26)19(16-17-8-4-2-5-9-17)22-20(25)18-10-6-3-7-11-18/h2-11,16H,12-15H2,1H3,(H,22,25)/b19-16+. The lowest BCUT2D eigenvalue weighted by atomic mass is 10.1. The first-order chi connectivity index (χ1) is 12.6. The summed E-state index contributed by atoms with van der Waals surface area (Å²) in [4.78, 5) is 29.5. The van der Waals surface area contributed by atoms with Gasteiger partial charge < -0.3 is 15.1 Å². The molecule has 0 aromatic heterocycles. The van der Waals surface area contributed by atoms with Gasteiger partial charge in [-0.3, -0.25) is 9.59 Å². The van der Waals surface area contributed by atoms with Crippen LogP contribution in [0, 0.1) is 0 Å². The topological polar surface area (TPSA) is 52.6 Å². The number of likely N-dealkylation sites (N-methyl/N-ethyl adjacent to an activating group) is 1. The molecule has 1 saturated heterocycles. The maximum absolute atomic E-state index is 13.0. The summed E-state index contributed by atoms with van der Waals surface area (Å²) in [5, 5.41) is 2.81. The molecule has 1 heterocycles. The molecule has 0 saturated carbocycles. The number of amides is 2. The zero-order valence-electron chi connectivity index (χ0n) is 14.9. The van der Waals surface area contributed by atoms with Gasteiger partial charge in [0.05, 0.1) is 0 Å². The summed E-state index contributed by atoms with van der Waals surface area (Å²) in [6, 6.07) is 18.5. The summed E-state index contributed by atoms with van der Waals surface area (Å²) >= 11 is 0. The number of piperazine rings is 1. The predicted molar refractivity (Wildman–Crippen MR) is 102 cm³/mol. The molecule has 2 amide bonds. The van der Waals surface area contributed by atoms with E-state index in [1.165, 1.54) is 0 Å². The maximum atomic E-state index is 13.0. The van der Waals surface area contributed by atoms with E-state index >= 15 is 0 Å². The van der Waals surface area contributed by atoms with Gasteiger partial charge in [-0.25, -0.2) is 0 Å². The van der Waals surface area contributed by atoms with Crippen molar-refractivity contribution in [2.24, 2.45) is 0 Å². The molecule has 0 spiro atoms. The summed E-state index contributed by atoms with van der Waals surface area (Å²) in [5.74, 6) is -0.429. The van der Waals surface area contributed by atoms with Crippen molar-refractivity contribution in [3.8, 4) is 0 Å². The fourth-order valence-corrected chi connectivity index (χ4v) is 2.83. The zero-order chi connectivity index (χ0) is 18.4. The highest BCUT2D eigenvalue weighted by atomic mass is 16.2. The van der Waals surface area contributed by atoms with Crippen LogP contribution in [-0.4, -0.2) is 54.8 Å². The van der Waals surface area contributed by atoms with Crippen molar-refractivity contribution in [1.29, 1.82) is 0 Å². The largest absolute Gasteiger partial charge is 0.335 e. The fraction of sp³-hybridized carbons (Fsp3) is 0.238. The summed E-state index contributed by atoms with van der Waals surface area (Å²) in [7, 11) is 2.04. The number of rotatable bonds is 4. The van der Waals surface area contributed by atoms with Gasteiger partial charge in [0.1, 0.15) is 5.70 Å². The number of carbonyl (C=O) groups is 2. The van der Waals surface area contributed by atoms with E-state index < -0.39 is 0 Å². The van der Waals surface area contributed by atoms with Crippen molar-refractivity contribution in [2.75, 3.05) is 33.2 Å². The van der Waals surface area contributed by atoms with Gasteiger partial charge in [-0.1, -0.05) is 48.5 Å². The molecule has 3 rings (SSSR count). The molecule has 5 nitrogen and oxygen atoms in total. The molecular formula is C21H23N3O2. The van der Waals surface area contributed by atoms with E-state index in [4.69, 9.17) is 0 Å². The monoisotopic (exact) mass is 349 g/mol. The van der Waals surface area contributed by atoms with Crippen LogP contribution in [0.2, 0.25) is 0 Å². The second-order valence-electron chi connectivity index (χ2n) is 6.38. The minimum absolute atomic E-state index is 0.147. The molecule has 0 atom stereocenters. The first-order valence-corrected chi connectivity index (χ1v) is 8.74. The molecule has 134 valence electrons. The second-order valence-corrected chi connectivity index (χ2v) is 6.38. The van der Waals surface area contributed by atoms with Crippen molar-refractivity contribution in [2.45, 2.75) is 0 Å². The molecule has 1 aliphatic heterocycles. The van der Waals surface area contributed by atoms with Gasteiger partial charge in [-0.2, -0.15) is 0 Å². The Bertz CT molecular complexity index is 779. The van der Waals surface area contributed by atoms with Gasteiger partial charge in [0.15, 0.2) is 0 Å². The average molecular weight is 349 g/mol. The fourth-order valence-electron chi connectivity index (χ4n) is 2.83. The van der Waals surface area contributed by atoms with Crippen LogP contribution in [-0.2, 0) is 4.79 Å². The highest BCUT2D eigenvalue weighted by Crippen LogP contribution is 2.11. The molecule has 5 heteroatoms. The summed E-state index contributed by atoms with van der Waals surface area (Å²) in [6.45, 7) is 2.97. The SMILES string of the molecule is CN1CCN(C(=O)/C(=C\c2ccccc2)NC(=O)c2ccccc2)CC1. The van der Waals surface area contributed by atoms with E-state index in [1.807, 2.05) is 43.4 Å². The lowest BCUT2D eigenvalue weighted by Crippen LogP contribution is -2.49. The van der Waals surface area contributed by atoms with Crippen molar-refractivity contribution in [3.05, 3.63) is 77.5 Å². The van der Waals surface area contributed by atoms with Gasteiger partial charge in [-0.15, -0.1) is 0 Å². The Hall–Kier alpha value is -2.92.